The molecule has 1 aliphatic heterocycles. The summed E-state index contributed by atoms with van der Waals surface area (Å²) in [7, 11) is -3.56. The number of amides is 1. The van der Waals surface area contributed by atoms with Crippen LogP contribution in [0.15, 0.2) is 53.6 Å². The van der Waals surface area contributed by atoms with Crippen LogP contribution in [0.4, 0.5) is 11.5 Å². The van der Waals surface area contributed by atoms with Crippen molar-refractivity contribution in [3.8, 4) is 0 Å². The molecule has 1 amide bonds. The second kappa shape index (κ2) is 8.49. The third-order valence-corrected chi connectivity index (χ3v) is 6.07. The van der Waals surface area contributed by atoms with Crippen LogP contribution in [-0.4, -0.2) is 38.9 Å². The summed E-state index contributed by atoms with van der Waals surface area (Å²) in [6, 6.07) is 12.0. The van der Waals surface area contributed by atoms with Gasteiger partial charge in [-0.3, -0.25) is 4.79 Å². The Kier molecular flexibility index (Phi) is 6.08. The first kappa shape index (κ1) is 19.3. The number of carbonyl (C=O) groups excluding carboxylic acids is 1. The van der Waals surface area contributed by atoms with E-state index in [1.54, 1.807) is 18.3 Å². The maximum Gasteiger partial charge on any atom is 0.240 e. The summed E-state index contributed by atoms with van der Waals surface area (Å²) < 4.78 is 27.7. The molecule has 0 radical (unpaired) electrons. The van der Waals surface area contributed by atoms with Crippen LogP contribution in [0, 0.1) is 5.92 Å². The Balaban J connectivity index is 1.51. The fourth-order valence-corrected chi connectivity index (χ4v) is 4.25. The molecule has 144 valence electrons. The molecular formula is C19H24N4O3S. The fraction of sp³-hybridized carbons (Fsp3) is 0.368. The molecule has 1 aliphatic rings. The van der Waals surface area contributed by atoms with E-state index in [0.29, 0.717) is 18.2 Å². The molecule has 2 heterocycles. The first-order chi connectivity index (χ1) is 12.9. The highest BCUT2D eigenvalue weighted by Crippen LogP contribution is 2.22. The van der Waals surface area contributed by atoms with E-state index in [-0.39, 0.29) is 10.8 Å². The summed E-state index contributed by atoms with van der Waals surface area (Å²) in [6.45, 7) is 3.57. The predicted octanol–water partition coefficient (Wildman–Crippen LogP) is 2.23. The van der Waals surface area contributed by atoms with Crippen LogP contribution < -0.4 is 14.9 Å². The normalized spacial score (nSPS) is 15.5. The number of nitrogens with one attached hydrogen (secondary N) is 2. The van der Waals surface area contributed by atoms with E-state index >= 15 is 0 Å². The van der Waals surface area contributed by atoms with E-state index in [1.807, 2.05) is 18.2 Å². The average Bonchev–Trinajstić information content (AvgIpc) is 2.67. The number of sulfonamides is 1. The first-order valence-corrected chi connectivity index (χ1v) is 10.5. The minimum Gasteiger partial charge on any atom is -0.357 e. The maximum atomic E-state index is 12.5. The molecule has 1 aromatic heterocycles. The van der Waals surface area contributed by atoms with Crippen molar-refractivity contribution in [2.45, 2.75) is 24.7 Å². The van der Waals surface area contributed by atoms with E-state index in [0.717, 1.165) is 31.7 Å². The molecule has 2 N–H and O–H groups in total. The van der Waals surface area contributed by atoms with Crippen LogP contribution in [0.25, 0.3) is 0 Å². The standard InChI is InChI=1S/C19H24N4O3S/c1-15(24)22-17-5-7-18(8-6-17)27(25,26)21-14-16-9-12-23(13-10-16)19-4-2-3-11-20-19/h2-8,11,16,21H,9-10,12-14H2,1H3,(H,22,24). The first-order valence-electron chi connectivity index (χ1n) is 8.97. The molecule has 0 saturated carbocycles. The van der Waals surface area contributed by atoms with Gasteiger partial charge < -0.3 is 10.2 Å². The van der Waals surface area contributed by atoms with Gasteiger partial charge >= 0.3 is 0 Å². The zero-order chi connectivity index (χ0) is 19.3. The van der Waals surface area contributed by atoms with Gasteiger partial charge in [-0.2, -0.15) is 0 Å². The Morgan fingerprint density at radius 1 is 1.15 bits per heavy atom. The third-order valence-electron chi connectivity index (χ3n) is 4.63. The molecule has 0 aliphatic carbocycles. The average molecular weight is 388 g/mol. The third kappa shape index (κ3) is 5.27. The lowest BCUT2D eigenvalue weighted by Crippen LogP contribution is -2.39. The van der Waals surface area contributed by atoms with E-state index in [1.165, 1.54) is 19.1 Å². The molecule has 1 aromatic carbocycles. The van der Waals surface area contributed by atoms with E-state index in [4.69, 9.17) is 0 Å². The fourth-order valence-electron chi connectivity index (χ4n) is 3.14. The van der Waals surface area contributed by atoms with Crippen LogP contribution in [0.1, 0.15) is 19.8 Å². The number of anilines is 2. The van der Waals surface area contributed by atoms with Gasteiger partial charge in [-0.15, -0.1) is 0 Å². The number of benzene rings is 1. The molecule has 27 heavy (non-hydrogen) atoms. The molecule has 0 spiro atoms. The van der Waals surface area contributed by atoms with Gasteiger partial charge in [-0.1, -0.05) is 6.07 Å². The van der Waals surface area contributed by atoms with Crippen molar-refractivity contribution in [1.82, 2.24) is 9.71 Å². The highest BCUT2D eigenvalue weighted by molar-refractivity contribution is 7.89. The zero-order valence-electron chi connectivity index (χ0n) is 15.3. The van der Waals surface area contributed by atoms with Crippen molar-refractivity contribution in [3.05, 3.63) is 48.7 Å². The van der Waals surface area contributed by atoms with Gasteiger partial charge in [0, 0.05) is 38.4 Å². The van der Waals surface area contributed by atoms with Crippen molar-refractivity contribution in [2.75, 3.05) is 29.9 Å². The summed E-state index contributed by atoms with van der Waals surface area (Å²) in [5.74, 6) is 1.08. The summed E-state index contributed by atoms with van der Waals surface area (Å²) >= 11 is 0. The summed E-state index contributed by atoms with van der Waals surface area (Å²) in [5, 5.41) is 2.62. The van der Waals surface area contributed by atoms with Crippen LogP contribution in [0.5, 0.6) is 0 Å². The van der Waals surface area contributed by atoms with Gasteiger partial charge in [-0.25, -0.2) is 18.1 Å². The minimum atomic E-state index is -3.56. The lowest BCUT2D eigenvalue weighted by Gasteiger charge is -2.32. The number of nitrogens with zero attached hydrogens (tertiary/aromatic N) is 2. The molecular weight excluding hydrogens is 364 g/mol. The Morgan fingerprint density at radius 3 is 2.44 bits per heavy atom. The van der Waals surface area contributed by atoms with Gasteiger partial charge in [0.1, 0.15) is 5.82 Å². The van der Waals surface area contributed by atoms with E-state index in [2.05, 4.69) is 19.9 Å². The summed E-state index contributed by atoms with van der Waals surface area (Å²) in [6.07, 6.45) is 3.62. The lowest BCUT2D eigenvalue weighted by molar-refractivity contribution is -0.114. The number of hydrogen-bond acceptors (Lipinski definition) is 5. The van der Waals surface area contributed by atoms with Crippen LogP contribution in [0.2, 0.25) is 0 Å². The zero-order valence-corrected chi connectivity index (χ0v) is 16.1. The predicted molar refractivity (Wildman–Crippen MR) is 105 cm³/mol. The van der Waals surface area contributed by atoms with Gasteiger partial charge in [-0.05, 0) is 55.2 Å². The Bertz CT molecular complexity index is 862. The quantitative estimate of drug-likeness (QED) is 0.792. The second-order valence-corrected chi connectivity index (χ2v) is 8.44. The number of aromatic nitrogens is 1. The molecule has 0 unspecified atom stereocenters. The Labute approximate surface area is 159 Å². The number of carbonyl (C=O) groups is 1. The van der Waals surface area contributed by atoms with Crippen molar-refractivity contribution in [1.29, 1.82) is 0 Å². The molecule has 0 bridgehead atoms. The highest BCUT2D eigenvalue weighted by Gasteiger charge is 2.22. The van der Waals surface area contributed by atoms with Gasteiger partial charge in [0.2, 0.25) is 15.9 Å². The number of piperidine rings is 1. The lowest BCUT2D eigenvalue weighted by atomic mass is 9.97. The Hall–Kier alpha value is -2.45. The minimum absolute atomic E-state index is 0.194. The molecule has 3 rings (SSSR count). The van der Waals surface area contributed by atoms with Crippen LogP contribution >= 0.6 is 0 Å². The molecule has 2 aromatic rings. The molecule has 7 nitrogen and oxygen atoms in total. The van der Waals surface area contributed by atoms with Crippen LogP contribution in [0.3, 0.4) is 0 Å². The second-order valence-electron chi connectivity index (χ2n) is 6.68. The summed E-state index contributed by atoms with van der Waals surface area (Å²) in [4.78, 5) is 17.8. The molecule has 0 atom stereocenters. The number of hydrogen-bond donors (Lipinski definition) is 2. The van der Waals surface area contributed by atoms with Gasteiger partial charge in [0.15, 0.2) is 0 Å². The van der Waals surface area contributed by atoms with E-state index in [9.17, 15) is 13.2 Å². The number of rotatable bonds is 6. The van der Waals surface area contributed by atoms with Gasteiger partial charge in [0.25, 0.3) is 0 Å². The van der Waals surface area contributed by atoms with Crippen LogP contribution in [-0.2, 0) is 14.8 Å². The molecule has 1 saturated heterocycles. The van der Waals surface area contributed by atoms with Crippen molar-refractivity contribution in [3.63, 3.8) is 0 Å². The van der Waals surface area contributed by atoms with Crippen molar-refractivity contribution in [2.24, 2.45) is 5.92 Å². The van der Waals surface area contributed by atoms with Crippen molar-refractivity contribution >= 4 is 27.4 Å². The van der Waals surface area contributed by atoms with Crippen molar-refractivity contribution < 1.29 is 13.2 Å². The van der Waals surface area contributed by atoms with Gasteiger partial charge in [0.05, 0.1) is 4.90 Å². The Morgan fingerprint density at radius 2 is 1.85 bits per heavy atom. The largest absolute Gasteiger partial charge is 0.357 e. The smallest absolute Gasteiger partial charge is 0.240 e. The number of pyridine rings is 1. The van der Waals surface area contributed by atoms with E-state index < -0.39 is 10.0 Å². The maximum absolute atomic E-state index is 12.5. The molecule has 8 heteroatoms. The SMILES string of the molecule is CC(=O)Nc1ccc(S(=O)(=O)NCC2CCN(c3ccccn3)CC2)cc1. The monoisotopic (exact) mass is 388 g/mol. The highest BCUT2D eigenvalue weighted by atomic mass is 32.2. The summed E-state index contributed by atoms with van der Waals surface area (Å²) in [5.41, 5.74) is 0.573. The molecule has 1 fully saturated rings. The topological polar surface area (TPSA) is 91.4 Å².